The minimum Gasteiger partial charge on any atom is -0.348 e. The predicted molar refractivity (Wildman–Crippen MR) is 111 cm³/mol. The molecule has 154 valence electrons. The minimum atomic E-state index is -0.608. The molecule has 2 amide bonds. The van der Waals surface area contributed by atoms with Gasteiger partial charge in [0.1, 0.15) is 11.4 Å². The van der Waals surface area contributed by atoms with Gasteiger partial charge in [-0.15, -0.1) is 0 Å². The summed E-state index contributed by atoms with van der Waals surface area (Å²) in [5, 5.41) is 30.7. The van der Waals surface area contributed by atoms with Gasteiger partial charge >= 0.3 is 0 Å². The quantitative estimate of drug-likeness (QED) is 0.309. The highest BCUT2D eigenvalue weighted by molar-refractivity contribution is 6.22. The summed E-state index contributed by atoms with van der Waals surface area (Å²) in [7, 11) is 0. The number of nitro benzene ring substituents is 2. The summed E-state index contributed by atoms with van der Waals surface area (Å²) < 4.78 is 0. The van der Waals surface area contributed by atoms with Crippen molar-refractivity contribution < 1.29 is 19.4 Å². The van der Waals surface area contributed by atoms with E-state index in [4.69, 9.17) is 0 Å². The molecule has 0 radical (unpaired) electrons. The molecule has 0 aliphatic carbocycles. The van der Waals surface area contributed by atoms with E-state index in [9.17, 15) is 29.8 Å². The molecule has 0 aromatic heterocycles. The van der Waals surface area contributed by atoms with Crippen molar-refractivity contribution >= 4 is 45.9 Å². The molecule has 0 saturated carbocycles. The third kappa shape index (κ3) is 3.62. The number of para-hydroxylation sites is 4. The number of rotatable bonds is 6. The number of amides is 2. The highest BCUT2D eigenvalue weighted by atomic mass is 16.6. The smallest absolute Gasteiger partial charge is 0.292 e. The second-order valence-electron chi connectivity index (χ2n) is 6.53. The summed E-state index contributed by atoms with van der Waals surface area (Å²) in [4.78, 5) is 45.8. The molecule has 1 heterocycles. The lowest BCUT2D eigenvalue weighted by molar-refractivity contribution is -0.384. The highest BCUT2D eigenvalue weighted by Gasteiger charge is 2.29. The van der Waals surface area contributed by atoms with Gasteiger partial charge < -0.3 is 10.6 Å². The summed E-state index contributed by atoms with van der Waals surface area (Å²) in [6.45, 7) is 0. The number of carbonyl (C=O) groups excluding carboxylic acids is 2. The van der Waals surface area contributed by atoms with Crippen molar-refractivity contribution in [3.63, 3.8) is 0 Å². The van der Waals surface area contributed by atoms with E-state index in [1.54, 1.807) is 12.1 Å². The maximum atomic E-state index is 12.1. The van der Waals surface area contributed by atoms with Crippen LogP contribution < -0.4 is 16.0 Å². The Morgan fingerprint density at radius 3 is 1.42 bits per heavy atom. The number of anilines is 4. The molecule has 3 aromatic carbocycles. The summed E-state index contributed by atoms with van der Waals surface area (Å²) in [6.07, 6.45) is 0. The summed E-state index contributed by atoms with van der Waals surface area (Å²) >= 11 is 0. The first kappa shape index (κ1) is 19.5. The molecule has 0 spiro atoms. The summed E-state index contributed by atoms with van der Waals surface area (Å²) in [5.41, 5.74) is 0.469. The van der Waals surface area contributed by atoms with E-state index in [1.807, 2.05) is 0 Å². The SMILES string of the molecule is O=C1NC(=O)c2cc(Nc3ccccc3[N+](=O)[O-])c(Nc3ccccc3[N+](=O)[O-])cc21. The first-order chi connectivity index (χ1) is 14.8. The molecule has 4 rings (SSSR count). The molecular formula is C20H13N5O6. The Morgan fingerprint density at radius 1 is 0.645 bits per heavy atom. The Kier molecular flexibility index (Phi) is 4.76. The first-order valence-corrected chi connectivity index (χ1v) is 8.90. The number of benzene rings is 3. The van der Waals surface area contributed by atoms with Crippen molar-refractivity contribution in [2.75, 3.05) is 10.6 Å². The number of hydrogen-bond acceptors (Lipinski definition) is 8. The standard InChI is InChI=1S/C20H13N5O6/c26-19-11-9-15(21-13-5-1-3-7-17(13)24(28)29)16(10-12(11)20(27)23-19)22-14-6-2-4-8-18(14)25(30)31/h1-10,21-22H,(H,23,26,27). The molecule has 3 aromatic rings. The van der Waals surface area contributed by atoms with Crippen LogP contribution in [0, 0.1) is 20.2 Å². The van der Waals surface area contributed by atoms with Crippen molar-refractivity contribution in [3.05, 3.63) is 92.0 Å². The second-order valence-corrected chi connectivity index (χ2v) is 6.53. The van der Waals surface area contributed by atoms with Crippen LogP contribution in [-0.2, 0) is 0 Å². The lowest BCUT2D eigenvalue weighted by Gasteiger charge is -2.15. The number of carbonyl (C=O) groups is 2. The van der Waals surface area contributed by atoms with Crippen LogP contribution in [-0.4, -0.2) is 21.7 Å². The van der Waals surface area contributed by atoms with Gasteiger partial charge in [-0.2, -0.15) is 0 Å². The van der Waals surface area contributed by atoms with Crippen molar-refractivity contribution in [1.29, 1.82) is 0 Å². The number of nitrogens with zero attached hydrogens (tertiary/aromatic N) is 2. The largest absolute Gasteiger partial charge is 0.348 e. The van der Waals surface area contributed by atoms with Crippen molar-refractivity contribution in [2.24, 2.45) is 0 Å². The zero-order valence-corrected chi connectivity index (χ0v) is 15.6. The van der Waals surface area contributed by atoms with Gasteiger partial charge in [-0.25, -0.2) is 0 Å². The van der Waals surface area contributed by atoms with E-state index in [1.165, 1.54) is 48.5 Å². The van der Waals surface area contributed by atoms with Crippen molar-refractivity contribution in [3.8, 4) is 0 Å². The lowest BCUT2D eigenvalue weighted by atomic mass is 10.1. The lowest BCUT2D eigenvalue weighted by Crippen LogP contribution is -2.19. The summed E-state index contributed by atoms with van der Waals surface area (Å²) in [5.74, 6) is -1.22. The Balaban J connectivity index is 1.84. The normalized spacial score (nSPS) is 12.1. The Labute approximate surface area is 174 Å². The van der Waals surface area contributed by atoms with Gasteiger partial charge in [-0.05, 0) is 24.3 Å². The molecule has 11 heteroatoms. The van der Waals surface area contributed by atoms with Crippen LogP contribution in [0.4, 0.5) is 34.1 Å². The third-order valence-electron chi connectivity index (χ3n) is 4.61. The van der Waals surface area contributed by atoms with Crippen LogP contribution >= 0.6 is 0 Å². The second kappa shape index (κ2) is 7.55. The minimum absolute atomic E-state index is 0.0826. The molecule has 11 nitrogen and oxygen atoms in total. The Bertz CT molecular complexity index is 1180. The molecule has 1 aliphatic heterocycles. The maximum Gasteiger partial charge on any atom is 0.292 e. The topological polar surface area (TPSA) is 157 Å². The molecule has 0 atom stereocenters. The van der Waals surface area contributed by atoms with E-state index in [0.717, 1.165) is 0 Å². The van der Waals surface area contributed by atoms with Crippen molar-refractivity contribution in [1.82, 2.24) is 5.32 Å². The third-order valence-corrected chi connectivity index (χ3v) is 4.61. The molecule has 0 bridgehead atoms. The monoisotopic (exact) mass is 419 g/mol. The molecule has 0 unspecified atom stereocenters. The van der Waals surface area contributed by atoms with Crippen LogP contribution in [0.2, 0.25) is 0 Å². The predicted octanol–water partition coefficient (Wildman–Crippen LogP) is 3.87. The highest BCUT2D eigenvalue weighted by Crippen LogP contribution is 2.37. The van der Waals surface area contributed by atoms with E-state index >= 15 is 0 Å². The molecule has 31 heavy (non-hydrogen) atoms. The Hall–Kier alpha value is -4.80. The zero-order chi connectivity index (χ0) is 22.1. The van der Waals surface area contributed by atoms with Crippen LogP contribution in [0.15, 0.2) is 60.7 Å². The van der Waals surface area contributed by atoms with E-state index in [0.29, 0.717) is 0 Å². The van der Waals surface area contributed by atoms with Crippen LogP contribution in [0.3, 0.4) is 0 Å². The van der Waals surface area contributed by atoms with Gasteiger partial charge in [0.05, 0.1) is 32.3 Å². The number of nitrogens with one attached hydrogen (secondary N) is 3. The van der Waals surface area contributed by atoms with Gasteiger partial charge in [0, 0.05) is 12.1 Å². The summed E-state index contributed by atoms with van der Waals surface area (Å²) in [6, 6.07) is 14.5. The van der Waals surface area contributed by atoms with E-state index in [2.05, 4.69) is 16.0 Å². The number of fused-ring (bicyclic) bond motifs is 1. The molecule has 1 aliphatic rings. The van der Waals surface area contributed by atoms with Crippen molar-refractivity contribution in [2.45, 2.75) is 0 Å². The van der Waals surface area contributed by atoms with E-state index in [-0.39, 0.29) is 45.3 Å². The van der Waals surface area contributed by atoms with E-state index < -0.39 is 21.7 Å². The number of imide groups is 1. The molecule has 3 N–H and O–H groups in total. The zero-order valence-electron chi connectivity index (χ0n) is 15.6. The fourth-order valence-corrected chi connectivity index (χ4v) is 3.19. The first-order valence-electron chi connectivity index (χ1n) is 8.90. The van der Waals surface area contributed by atoms with Gasteiger partial charge in [-0.3, -0.25) is 35.1 Å². The maximum absolute atomic E-state index is 12.1. The number of hydrogen-bond donors (Lipinski definition) is 3. The molecule has 0 fully saturated rings. The average Bonchev–Trinajstić information content (AvgIpc) is 3.01. The fourth-order valence-electron chi connectivity index (χ4n) is 3.19. The van der Waals surface area contributed by atoms with Gasteiger partial charge in [0.25, 0.3) is 23.2 Å². The average molecular weight is 419 g/mol. The Morgan fingerprint density at radius 2 is 1.03 bits per heavy atom. The van der Waals surface area contributed by atoms with Gasteiger partial charge in [0.15, 0.2) is 0 Å². The van der Waals surface area contributed by atoms with Gasteiger partial charge in [0.2, 0.25) is 0 Å². The molecular weight excluding hydrogens is 406 g/mol. The van der Waals surface area contributed by atoms with Crippen LogP contribution in [0.25, 0.3) is 0 Å². The van der Waals surface area contributed by atoms with Gasteiger partial charge in [-0.1, -0.05) is 24.3 Å². The fraction of sp³-hybridized carbons (Fsp3) is 0. The van der Waals surface area contributed by atoms with Crippen LogP contribution in [0.1, 0.15) is 20.7 Å². The molecule has 0 saturated heterocycles. The van der Waals surface area contributed by atoms with Crippen LogP contribution in [0.5, 0.6) is 0 Å². The number of nitro groups is 2.